The molecule has 0 aliphatic rings. The summed E-state index contributed by atoms with van der Waals surface area (Å²) in [5.74, 6) is -0.151. The van der Waals surface area contributed by atoms with Gasteiger partial charge in [0.2, 0.25) is 11.8 Å². The number of benzene rings is 2. The predicted molar refractivity (Wildman–Crippen MR) is 102 cm³/mol. The quantitative estimate of drug-likeness (QED) is 0.814. The number of hydrogen-bond donors (Lipinski definition) is 1. The van der Waals surface area contributed by atoms with Gasteiger partial charge in [-0.25, -0.2) is 0 Å². The highest BCUT2D eigenvalue weighted by atomic mass is 35.5. The van der Waals surface area contributed by atoms with E-state index in [-0.39, 0.29) is 18.2 Å². The lowest BCUT2D eigenvalue weighted by atomic mass is 10.1. The third-order valence-electron chi connectivity index (χ3n) is 4.01. The van der Waals surface area contributed by atoms with E-state index in [1.54, 1.807) is 17.0 Å². The van der Waals surface area contributed by atoms with Gasteiger partial charge in [-0.1, -0.05) is 48.9 Å². The Morgan fingerprint density at radius 3 is 2.40 bits per heavy atom. The van der Waals surface area contributed by atoms with Crippen LogP contribution in [0.4, 0.5) is 5.69 Å². The van der Waals surface area contributed by atoms with Crippen molar-refractivity contribution in [2.45, 2.75) is 33.2 Å². The molecule has 0 saturated carbocycles. The number of nitrogens with zero attached hydrogens (tertiary/aromatic N) is 1. The van der Waals surface area contributed by atoms with Crippen LogP contribution in [0.1, 0.15) is 31.4 Å². The van der Waals surface area contributed by atoms with Gasteiger partial charge in [-0.3, -0.25) is 9.59 Å². The second-order valence-corrected chi connectivity index (χ2v) is 6.24. The minimum atomic E-state index is -0.0878. The molecule has 0 fully saturated rings. The van der Waals surface area contributed by atoms with Gasteiger partial charge in [-0.15, -0.1) is 0 Å². The van der Waals surface area contributed by atoms with Crippen LogP contribution >= 0.6 is 11.6 Å². The molecule has 0 atom stereocenters. The van der Waals surface area contributed by atoms with E-state index < -0.39 is 0 Å². The lowest BCUT2D eigenvalue weighted by Crippen LogP contribution is -2.34. The SMILES string of the molecule is CCc1ccccc1N(CCC(=O)NCc1ccc(Cl)cc1)C(C)=O. The Labute approximate surface area is 153 Å². The summed E-state index contributed by atoms with van der Waals surface area (Å²) in [7, 11) is 0. The van der Waals surface area contributed by atoms with E-state index in [1.807, 2.05) is 36.4 Å². The maximum atomic E-state index is 12.1. The number of rotatable bonds is 7. The Hall–Kier alpha value is -2.33. The van der Waals surface area contributed by atoms with Crippen LogP contribution in [0.5, 0.6) is 0 Å². The van der Waals surface area contributed by atoms with Crippen LogP contribution in [0.2, 0.25) is 5.02 Å². The first-order valence-electron chi connectivity index (χ1n) is 8.38. The molecular weight excluding hydrogens is 336 g/mol. The minimum absolute atomic E-state index is 0.0635. The monoisotopic (exact) mass is 358 g/mol. The topological polar surface area (TPSA) is 49.4 Å². The molecular formula is C20H23ClN2O2. The smallest absolute Gasteiger partial charge is 0.223 e. The molecule has 5 heteroatoms. The second kappa shape index (κ2) is 9.23. The van der Waals surface area contributed by atoms with Crippen LogP contribution in [0.15, 0.2) is 48.5 Å². The molecule has 0 bridgehead atoms. The summed E-state index contributed by atoms with van der Waals surface area (Å²) in [6.45, 7) is 4.38. The third-order valence-corrected chi connectivity index (χ3v) is 4.26. The molecule has 0 heterocycles. The average molecular weight is 359 g/mol. The zero-order chi connectivity index (χ0) is 18.2. The van der Waals surface area contributed by atoms with Crippen molar-refractivity contribution >= 4 is 29.1 Å². The van der Waals surface area contributed by atoms with Crippen molar-refractivity contribution in [3.05, 3.63) is 64.7 Å². The predicted octanol–water partition coefficient (Wildman–Crippen LogP) is 3.96. The largest absolute Gasteiger partial charge is 0.352 e. The summed E-state index contributed by atoms with van der Waals surface area (Å²) < 4.78 is 0. The minimum Gasteiger partial charge on any atom is -0.352 e. The number of carbonyl (C=O) groups is 2. The number of halogens is 1. The molecule has 2 aromatic carbocycles. The Kier molecular flexibility index (Phi) is 7.02. The number of amides is 2. The van der Waals surface area contributed by atoms with Crippen LogP contribution in [0.25, 0.3) is 0 Å². The summed E-state index contributed by atoms with van der Waals surface area (Å²) in [6, 6.07) is 15.1. The average Bonchev–Trinajstić information content (AvgIpc) is 2.61. The first-order valence-corrected chi connectivity index (χ1v) is 8.76. The molecule has 2 aromatic rings. The van der Waals surface area contributed by atoms with Crippen LogP contribution < -0.4 is 10.2 Å². The fourth-order valence-corrected chi connectivity index (χ4v) is 2.75. The lowest BCUT2D eigenvalue weighted by molar-refractivity contribution is -0.121. The van der Waals surface area contributed by atoms with Gasteiger partial charge in [0.1, 0.15) is 0 Å². The van der Waals surface area contributed by atoms with Gasteiger partial charge >= 0.3 is 0 Å². The number of aryl methyl sites for hydroxylation is 1. The van der Waals surface area contributed by atoms with Crippen molar-refractivity contribution in [1.29, 1.82) is 0 Å². The first-order chi connectivity index (χ1) is 12.0. The molecule has 0 unspecified atom stereocenters. The lowest BCUT2D eigenvalue weighted by Gasteiger charge is -2.23. The van der Waals surface area contributed by atoms with Crippen molar-refractivity contribution < 1.29 is 9.59 Å². The molecule has 2 amide bonds. The van der Waals surface area contributed by atoms with Crippen LogP contribution in [0, 0.1) is 0 Å². The van der Waals surface area contributed by atoms with E-state index in [9.17, 15) is 9.59 Å². The van der Waals surface area contributed by atoms with Crippen molar-refractivity contribution in [2.24, 2.45) is 0 Å². The highest BCUT2D eigenvalue weighted by Crippen LogP contribution is 2.21. The molecule has 0 aromatic heterocycles. The summed E-state index contributed by atoms with van der Waals surface area (Å²) in [5.41, 5.74) is 2.96. The van der Waals surface area contributed by atoms with Crippen LogP contribution in [-0.4, -0.2) is 18.4 Å². The van der Waals surface area contributed by atoms with Gasteiger partial charge in [0, 0.05) is 37.1 Å². The van der Waals surface area contributed by atoms with Crippen molar-refractivity contribution in [2.75, 3.05) is 11.4 Å². The maximum absolute atomic E-state index is 12.1. The number of para-hydroxylation sites is 1. The van der Waals surface area contributed by atoms with Gasteiger partial charge in [-0.05, 0) is 35.7 Å². The summed E-state index contributed by atoms with van der Waals surface area (Å²) >= 11 is 5.85. The molecule has 2 rings (SSSR count). The molecule has 4 nitrogen and oxygen atoms in total. The molecule has 0 radical (unpaired) electrons. The molecule has 0 spiro atoms. The highest BCUT2D eigenvalue weighted by molar-refractivity contribution is 6.30. The second-order valence-electron chi connectivity index (χ2n) is 5.81. The summed E-state index contributed by atoms with van der Waals surface area (Å²) in [5, 5.41) is 3.54. The van der Waals surface area contributed by atoms with Crippen LogP contribution in [-0.2, 0) is 22.6 Å². The van der Waals surface area contributed by atoms with E-state index in [2.05, 4.69) is 12.2 Å². The normalized spacial score (nSPS) is 10.4. The zero-order valence-electron chi connectivity index (χ0n) is 14.6. The van der Waals surface area contributed by atoms with E-state index in [4.69, 9.17) is 11.6 Å². The Bertz CT molecular complexity index is 729. The Morgan fingerprint density at radius 2 is 1.76 bits per heavy atom. The van der Waals surface area contributed by atoms with E-state index in [1.165, 1.54) is 6.92 Å². The Morgan fingerprint density at radius 1 is 1.08 bits per heavy atom. The standard InChI is InChI=1S/C20H23ClN2O2/c1-3-17-6-4-5-7-19(17)23(15(2)24)13-12-20(25)22-14-16-8-10-18(21)11-9-16/h4-11H,3,12-14H2,1-2H3,(H,22,25). The maximum Gasteiger partial charge on any atom is 0.223 e. The molecule has 0 aliphatic heterocycles. The van der Waals surface area contributed by atoms with Gasteiger partial charge in [0.05, 0.1) is 0 Å². The van der Waals surface area contributed by atoms with E-state index in [0.29, 0.717) is 18.1 Å². The fourth-order valence-electron chi connectivity index (χ4n) is 2.63. The van der Waals surface area contributed by atoms with E-state index in [0.717, 1.165) is 23.2 Å². The number of nitrogens with one attached hydrogen (secondary N) is 1. The molecule has 25 heavy (non-hydrogen) atoms. The van der Waals surface area contributed by atoms with Crippen molar-refractivity contribution in [1.82, 2.24) is 5.32 Å². The van der Waals surface area contributed by atoms with Gasteiger partial charge in [0.25, 0.3) is 0 Å². The van der Waals surface area contributed by atoms with Crippen molar-refractivity contribution in [3.63, 3.8) is 0 Å². The molecule has 0 saturated heterocycles. The van der Waals surface area contributed by atoms with E-state index >= 15 is 0 Å². The Balaban J connectivity index is 1.93. The fraction of sp³-hybridized carbons (Fsp3) is 0.300. The first kappa shape index (κ1) is 19.0. The van der Waals surface area contributed by atoms with Gasteiger partial charge < -0.3 is 10.2 Å². The number of hydrogen-bond acceptors (Lipinski definition) is 2. The number of carbonyl (C=O) groups excluding carboxylic acids is 2. The van der Waals surface area contributed by atoms with Gasteiger partial charge in [0.15, 0.2) is 0 Å². The summed E-state index contributed by atoms with van der Waals surface area (Å²) in [6.07, 6.45) is 1.09. The third kappa shape index (κ3) is 5.61. The summed E-state index contributed by atoms with van der Waals surface area (Å²) in [4.78, 5) is 25.8. The molecule has 132 valence electrons. The van der Waals surface area contributed by atoms with Crippen LogP contribution in [0.3, 0.4) is 0 Å². The zero-order valence-corrected chi connectivity index (χ0v) is 15.3. The molecule has 1 N–H and O–H groups in total. The van der Waals surface area contributed by atoms with Crippen molar-refractivity contribution in [3.8, 4) is 0 Å². The molecule has 0 aliphatic carbocycles. The number of anilines is 1. The van der Waals surface area contributed by atoms with Gasteiger partial charge in [-0.2, -0.15) is 0 Å². The highest BCUT2D eigenvalue weighted by Gasteiger charge is 2.15.